The van der Waals surface area contributed by atoms with Crippen LogP contribution in [0.25, 0.3) is 5.57 Å². The van der Waals surface area contributed by atoms with E-state index in [9.17, 15) is 0 Å². The number of hydrogen-bond donors (Lipinski definition) is 0. The molecule has 0 fully saturated rings. The Balaban J connectivity index is 2.39. The van der Waals surface area contributed by atoms with E-state index in [2.05, 4.69) is 21.5 Å². The Labute approximate surface area is 82.0 Å². The van der Waals surface area contributed by atoms with Crippen molar-refractivity contribution >= 4 is 5.57 Å². The summed E-state index contributed by atoms with van der Waals surface area (Å²) in [5.74, 6) is 0.811. The van der Waals surface area contributed by atoms with Gasteiger partial charge in [0.2, 0.25) is 0 Å². The maximum absolute atomic E-state index is 4.19. The van der Waals surface area contributed by atoms with Gasteiger partial charge in [0.15, 0.2) is 0 Å². The minimum Gasteiger partial charge on any atom is -0.334 e. The molecular formula is C10H10N4. The van der Waals surface area contributed by atoms with Gasteiger partial charge in [0, 0.05) is 37.4 Å². The molecule has 0 amide bonds. The zero-order valence-corrected chi connectivity index (χ0v) is 7.88. The first kappa shape index (κ1) is 8.62. The van der Waals surface area contributed by atoms with Gasteiger partial charge < -0.3 is 4.57 Å². The molecule has 0 saturated carbocycles. The summed E-state index contributed by atoms with van der Waals surface area (Å²) in [5.41, 5.74) is 1.53. The van der Waals surface area contributed by atoms with Gasteiger partial charge >= 0.3 is 0 Å². The van der Waals surface area contributed by atoms with Crippen molar-refractivity contribution in [3.8, 4) is 0 Å². The summed E-state index contributed by atoms with van der Waals surface area (Å²) in [5, 5.41) is 0. The first-order chi connectivity index (χ1) is 6.79. The van der Waals surface area contributed by atoms with Gasteiger partial charge in [-0.1, -0.05) is 6.58 Å². The van der Waals surface area contributed by atoms with Crippen molar-refractivity contribution in [1.29, 1.82) is 0 Å². The van der Waals surface area contributed by atoms with Crippen LogP contribution in [-0.2, 0) is 7.05 Å². The quantitative estimate of drug-likeness (QED) is 0.709. The molecule has 70 valence electrons. The van der Waals surface area contributed by atoms with Crippen molar-refractivity contribution in [1.82, 2.24) is 19.5 Å². The average Bonchev–Trinajstić information content (AvgIpc) is 2.65. The normalized spacial score (nSPS) is 10.1. The lowest BCUT2D eigenvalue weighted by Gasteiger charge is -2.03. The number of nitrogens with zero attached hydrogens (tertiary/aromatic N) is 4. The molecule has 2 rings (SSSR count). The lowest BCUT2D eigenvalue weighted by Crippen LogP contribution is -1.98. The van der Waals surface area contributed by atoms with E-state index in [-0.39, 0.29) is 0 Å². The monoisotopic (exact) mass is 186 g/mol. The Bertz CT molecular complexity index is 444. The molecule has 0 aromatic carbocycles. The molecule has 2 heterocycles. The lowest BCUT2D eigenvalue weighted by molar-refractivity contribution is 0.889. The number of aromatic nitrogens is 4. The first-order valence-electron chi connectivity index (χ1n) is 4.22. The topological polar surface area (TPSA) is 43.6 Å². The highest BCUT2D eigenvalue weighted by molar-refractivity contribution is 5.71. The molecule has 0 aliphatic heterocycles. The van der Waals surface area contributed by atoms with Gasteiger partial charge in [-0.2, -0.15) is 0 Å². The summed E-state index contributed by atoms with van der Waals surface area (Å²) in [7, 11) is 1.92. The van der Waals surface area contributed by atoms with Gasteiger partial charge in [-0.05, 0) is 0 Å². The molecule has 4 nitrogen and oxygen atoms in total. The first-order valence-corrected chi connectivity index (χ1v) is 4.22. The Morgan fingerprint density at radius 1 is 1.29 bits per heavy atom. The van der Waals surface area contributed by atoms with Gasteiger partial charge in [0.25, 0.3) is 0 Å². The van der Waals surface area contributed by atoms with Crippen LogP contribution in [-0.4, -0.2) is 19.5 Å². The molecular weight excluding hydrogens is 176 g/mol. The number of hydrogen-bond acceptors (Lipinski definition) is 3. The summed E-state index contributed by atoms with van der Waals surface area (Å²) in [6.07, 6.45) is 8.56. The van der Waals surface area contributed by atoms with E-state index in [1.165, 1.54) is 0 Å². The SMILES string of the molecule is C=C(c1cnccn1)c1nccn1C. The van der Waals surface area contributed by atoms with E-state index in [0.29, 0.717) is 0 Å². The van der Waals surface area contributed by atoms with Gasteiger partial charge in [-0.3, -0.25) is 9.97 Å². The fourth-order valence-electron chi connectivity index (χ4n) is 1.23. The van der Waals surface area contributed by atoms with Crippen molar-refractivity contribution in [2.45, 2.75) is 0 Å². The minimum atomic E-state index is 0.752. The third-order valence-corrected chi connectivity index (χ3v) is 1.96. The standard InChI is InChI=1S/C10H10N4/c1-8(9-7-11-3-4-12-9)10-13-5-6-14(10)2/h3-7H,1H2,2H3. The Morgan fingerprint density at radius 2 is 2.14 bits per heavy atom. The predicted octanol–water partition coefficient (Wildman–Crippen LogP) is 1.27. The third kappa shape index (κ3) is 1.42. The van der Waals surface area contributed by atoms with Crippen LogP contribution >= 0.6 is 0 Å². The molecule has 0 spiro atoms. The van der Waals surface area contributed by atoms with Crippen molar-refractivity contribution in [2.75, 3.05) is 0 Å². The molecule has 0 radical (unpaired) electrons. The highest BCUT2D eigenvalue weighted by Crippen LogP contribution is 2.15. The highest BCUT2D eigenvalue weighted by atomic mass is 15.0. The maximum Gasteiger partial charge on any atom is 0.141 e. The van der Waals surface area contributed by atoms with Gasteiger partial charge in [0.1, 0.15) is 5.82 Å². The average molecular weight is 186 g/mol. The highest BCUT2D eigenvalue weighted by Gasteiger charge is 2.07. The molecule has 4 heteroatoms. The molecule has 0 unspecified atom stereocenters. The molecule has 0 N–H and O–H groups in total. The van der Waals surface area contributed by atoms with Crippen LogP contribution in [0.4, 0.5) is 0 Å². The zero-order chi connectivity index (χ0) is 9.97. The molecule has 0 atom stereocenters. The van der Waals surface area contributed by atoms with Crippen molar-refractivity contribution in [3.63, 3.8) is 0 Å². The summed E-state index contributed by atoms with van der Waals surface area (Å²) >= 11 is 0. The van der Waals surface area contributed by atoms with Crippen LogP contribution in [0.2, 0.25) is 0 Å². The molecule has 0 aliphatic carbocycles. The second kappa shape index (κ2) is 3.41. The predicted molar refractivity (Wildman–Crippen MR) is 53.4 cm³/mol. The maximum atomic E-state index is 4.19. The number of imidazole rings is 1. The van der Waals surface area contributed by atoms with Crippen LogP contribution in [0.15, 0.2) is 37.6 Å². The fourth-order valence-corrected chi connectivity index (χ4v) is 1.23. The minimum absolute atomic E-state index is 0.752. The largest absolute Gasteiger partial charge is 0.334 e. The van der Waals surface area contributed by atoms with Gasteiger partial charge in [-0.25, -0.2) is 4.98 Å². The second-order valence-corrected chi connectivity index (χ2v) is 2.93. The lowest BCUT2D eigenvalue weighted by atomic mass is 10.2. The summed E-state index contributed by atoms with van der Waals surface area (Å²) in [6.45, 7) is 3.94. The molecule has 14 heavy (non-hydrogen) atoms. The summed E-state index contributed by atoms with van der Waals surface area (Å²) in [4.78, 5) is 12.3. The molecule has 0 bridgehead atoms. The van der Waals surface area contributed by atoms with Gasteiger partial charge in [-0.15, -0.1) is 0 Å². The molecule has 2 aromatic heterocycles. The van der Waals surface area contributed by atoms with E-state index < -0.39 is 0 Å². The molecule has 0 saturated heterocycles. The van der Waals surface area contributed by atoms with Crippen molar-refractivity contribution < 1.29 is 0 Å². The van der Waals surface area contributed by atoms with Crippen LogP contribution in [0.5, 0.6) is 0 Å². The van der Waals surface area contributed by atoms with Crippen LogP contribution in [0.3, 0.4) is 0 Å². The Kier molecular flexibility index (Phi) is 2.10. The zero-order valence-electron chi connectivity index (χ0n) is 7.88. The number of rotatable bonds is 2. The Morgan fingerprint density at radius 3 is 2.71 bits per heavy atom. The van der Waals surface area contributed by atoms with Crippen molar-refractivity contribution in [2.24, 2.45) is 7.05 Å². The van der Waals surface area contributed by atoms with Crippen LogP contribution in [0, 0.1) is 0 Å². The van der Waals surface area contributed by atoms with Crippen LogP contribution < -0.4 is 0 Å². The van der Waals surface area contributed by atoms with Crippen molar-refractivity contribution in [3.05, 3.63) is 49.1 Å². The van der Waals surface area contributed by atoms with Gasteiger partial charge in [0.05, 0.1) is 11.9 Å². The smallest absolute Gasteiger partial charge is 0.141 e. The fraction of sp³-hybridized carbons (Fsp3) is 0.100. The van der Waals surface area contributed by atoms with E-state index in [1.54, 1.807) is 24.8 Å². The van der Waals surface area contributed by atoms with E-state index in [0.717, 1.165) is 17.1 Å². The van der Waals surface area contributed by atoms with E-state index >= 15 is 0 Å². The van der Waals surface area contributed by atoms with E-state index in [4.69, 9.17) is 0 Å². The Hall–Kier alpha value is -1.97. The summed E-state index contributed by atoms with van der Waals surface area (Å²) in [6, 6.07) is 0. The molecule has 0 aliphatic rings. The number of aryl methyl sites for hydroxylation is 1. The van der Waals surface area contributed by atoms with E-state index in [1.807, 2.05) is 17.8 Å². The second-order valence-electron chi connectivity index (χ2n) is 2.93. The summed E-state index contributed by atoms with van der Waals surface area (Å²) < 4.78 is 1.90. The van der Waals surface area contributed by atoms with Crippen LogP contribution in [0.1, 0.15) is 11.5 Å². The molecule has 2 aromatic rings. The third-order valence-electron chi connectivity index (χ3n) is 1.96.